The Hall–Kier alpha value is -2.97. The molecule has 0 aliphatic carbocycles. The lowest BCUT2D eigenvalue weighted by Crippen LogP contribution is -2.31. The third-order valence-corrected chi connectivity index (χ3v) is 5.71. The second kappa shape index (κ2) is 9.23. The third kappa shape index (κ3) is 4.01. The highest BCUT2D eigenvalue weighted by molar-refractivity contribution is 8.04. The summed E-state index contributed by atoms with van der Waals surface area (Å²) in [6, 6.07) is 12.3. The molecule has 2 aromatic rings. The number of aliphatic hydroxyl groups excluding tert-OH is 1. The number of ether oxygens (including phenoxy) is 2. The third-order valence-electron chi connectivity index (χ3n) is 4.66. The molecule has 2 aromatic carbocycles. The van der Waals surface area contributed by atoms with Crippen LogP contribution in [0.1, 0.15) is 5.56 Å². The summed E-state index contributed by atoms with van der Waals surface area (Å²) in [6.07, 6.45) is 0. The Kier molecular flexibility index (Phi) is 6.69. The van der Waals surface area contributed by atoms with Crippen molar-refractivity contribution in [3.63, 3.8) is 0 Å². The number of carbonyl (C=O) groups excluding carboxylic acids is 2. The summed E-state index contributed by atoms with van der Waals surface area (Å²) >= 11 is 1.17. The Morgan fingerprint density at radius 3 is 2.37 bits per heavy atom. The van der Waals surface area contributed by atoms with Crippen LogP contribution in [-0.4, -0.2) is 57.6 Å². The molecule has 8 heteroatoms. The van der Waals surface area contributed by atoms with Crippen LogP contribution in [-0.2, 0) is 9.59 Å². The van der Waals surface area contributed by atoms with E-state index in [2.05, 4.69) is 0 Å². The number of carbonyl (C=O) groups is 2. The number of imide groups is 1. The summed E-state index contributed by atoms with van der Waals surface area (Å²) in [7, 11) is 6.83. The largest absolute Gasteiger partial charge is 0.493 e. The van der Waals surface area contributed by atoms with Crippen LogP contribution < -0.4 is 19.3 Å². The first-order valence-electron chi connectivity index (χ1n) is 9.29. The molecule has 0 unspecified atom stereocenters. The van der Waals surface area contributed by atoms with Crippen molar-refractivity contribution in [2.24, 2.45) is 0 Å². The van der Waals surface area contributed by atoms with Crippen LogP contribution in [0.25, 0.3) is 5.57 Å². The summed E-state index contributed by atoms with van der Waals surface area (Å²) in [5, 5.41) is 9.27. The molecule has 0 aromatic heterocycles. The summed E-state index contributed by atoms with van der Waals surface area (Å²) in [5.41, 5.74) is 2.21. The molecule has 0 atom stereocenters. The number of hydrogen-bond acceptors (Lipinski definition) is 7. The number of amides is 2. The van der Waals surface area contributed by atoms with Gasteiger partial charge in [0.05, 0.1) is 37.0 Å². The van der Waals surface area contributed by atoms with Crippen LogP contribution in [0, 0.1) is 0 Å². The Morgan fingerprint density at radius 1 is 1.00 bits per heavy atom. The maximum Gasteiger partial charge on any atom is 0.272 e. The van der Waals surface area contributed by atoms with Gasteiger partial charge in [-0.3, -0.25) is 9.59 Å². The fourth-order valence-corrected chi connectivity index (χ4v) is 4.04. The minimum atomic E-state index is -0.413. The smallest absolute Gasteiger partial charge is 0.272 e. The van der Waals surface area contributed by atoms with Gasteiger partial charge in [0.15, 0.2) is 11.5 Å². The van der Waals surface area contributed by atoms with Gasteiger partial charge in [-0.05, 0) is 35.9 Å². The molecule has 1 aliphatic rings. The van der Waals surface area contributed by atoms with E-state index in [9.17, 15) is 14.7 Å². The van der Waals surface area contributed by atoms with E-state index in [4.69, 9.17) is 9.47 Å². The molecule has 0 bridgehead atoms. The number of anilines is 2. The van der Waals surface area contributed by atoms with E-state index >= 15 is 0 Å². The molecule has 0 saturated heterocycles. The minimum Gasteiger partial charge on any atom is -0.493 e. The molecule has 0 fully saturated rings. The molecule has 1 N–H and O–H groups in total. The van der Waals surface area contributed by atoms with Crippen molar-refractivity contribution in [1.82, 2.24) is 0 Å². The van der Waals surface area contributed by atoms with E-state index in [0.717, 1.165) is 5.69 Å². The number of methoxy groups -OCH3 is 2. The Labute approximate surface area is 179 Å². The first-order chi connectivity index (χ1) is 14.4. The molecule has 7 nitrogen and oxygen atoms in total. The number of thioether (sulfide) groups is 1. The van der Waals surface area contributed by atoms with Gasteiger partial charge in [-0.15, -0.1) is 11.8 Å². The number of benzene rings is 2. The fraction of sp³-hybridized carbons (Fsp3) is 0.273. The maximum absolute atomic E-state index is 13.4. The summed E-state index contributed by atoms with van der Waals surface area (Å²) < 4.78 is 10.6. The molecular formula is C22H24N2O5S. The van der Waals surface area contributed by atoms with E-state index in [1.54, 1.807) is 36.4 Å². The fourth-order valence-electron chi connectivity index (χ4n) is 3.18. The second-order valence-corrected chi connectivity index (χ2v) is 7.81. The topological polar surface area (TPSA) is 79.3 Å². The van der Waals surface area contributed by atoms with E-state index in [-0.39, 0.29) is 12.2 Å². The number of hydrogen-bond donors (Lipinski definition) is 1. The molecule has 0 saturated carbocycles. The van der Waals surface area contributed by atoms with E-state index < -0.39 is 11.8 Å². The molecule has 0 spiro atoms. The summed E-state index contributed by atoms with van der Waals surface area (Å²) in [4.78, 5) is 30.0. The minimum absolute atomic E-state index is 0.106. The highest BCUT2D eigenvalue weighted by Gasteiger charge is 2.40. The van der Waals surface area contributed by atoms with E-state index in [1.807, 2.05) is 25.1 Å². The Morgan fingerprint density at radius 2 is 1.73 bits per heavy atom. The zero-order valence-electron chi connectivity index (χ0n) is 17.3. The van der Waals surface area contributed by atoms with Crippen LogP contribution >= 0.6 is 11.8 Å². The lowest BCUT2D eigenvalue weighted by molar-refractivity contribution is -0.119. The zero-order chi connectivity index (χ0) is 21.8. The predicted octanol–water partition coefficient (Wildman–Crippen LogP) is 2.78. The highest BCUT2D eigenvalue weighted by Crippen LogP contribution is 2.41. The van der Waals surface area contributed by atoms with Gasteiger partial charge < -0.3 is 19.5 Å². The van der Waals surface area contributed by atoms with E-state index in [0.29, 0.717) is 33.4 Å². The molecule has 1 aliphatic heterocycles. The van der Waals surface area contributed by atoms with Gasteiger partial charge in [0.2, 0.25) is 0 Å². The number of nitrogens with zero attached hydrogens (tertiary/aromatic N) is 2. The Balaban J connectivity index is 2.10. The summed E-state index contributed by atoms with van der Waals surface area (Å²) in [6.45, 7) is -0.106. The molecule has 3 rings (SSSR count). The van der Waals surface area contributed by atoms with Crippen LogP contribution in [0.4, 0.5) is 11.4 Å². The van der Waals surface area contributed by atoms with Crippen molar-refractivity contribution in [3.05, 3.63) is 52.9 Å². The number of aliphatic hydroxyl groups is 1. The molecule has 30 heavy (non-hydrogen) atoms. The SMILES string of the molecule is COc1ccc(C2=C(SCCO)C(=O)N(c3cccc(N(C)C)c3)C2=O)cc1OC. The normalized spacial score (nSPS) is 13.8. The van der Waals surface area contributed by atoms with Crippen molar-refractivity contribution in [2.45, 2.75) is 0 Å². The molecule has 158 valence electrons. The van der Waals surface area contributed by atoms with E-state index in [1.165, 1.54) is 30.9 Å². The van der Waals surface area contributed by atoms with Crippen molar-refractivity contribution >= 4 is 40.5 Å². The predicted molar refractivity (Wildman–Crippen MR) is 119 cm³/mol. The van der Waals surface area contributed by atoms with Crippen LogP contribution in [0.5, 0.6) is 11.5 Å². The lowest BCUT2D eigenvalue weighted by atomic mass is 10.1. The highest BCUT2D eigenvalue weighted by atomic mass is 32.2. The number of rotatable bonds is 8. The average Bonchev–Trinajstić information content (AvgIpc) is 3.00. The van der Waals surface area contributed by atoms with Crippen LogP contribution in [0.15, 0.2) is 47.4 Å². The molecule has 1 heterocycles. The van der Waals surface area contributed by atoms with Gasteiger partial charge in [0.1, 0.15) is 0 Å². The maximum atomic E-state index is 13.4. The molecule has 2 amide bonds. The van der Waals surface area contributed by atoms with Gasteiger partial charge in [0.25, 0.3) is 11.8 Å². The quantitative estimate of drug-likeness (QED) is 0.648. The first kappa shape index (κ1) is 21.7. The second-order valence-electron chi connectivity index (χ2n) is 6.71. The van der Waals surface area contributed by atoms with Crippen molar-refractivity contribution in [1.29, 1.82) is 0 Å². The average molecular weight is 429 g/mol. The van der Waals surface area contributed by atoms with Gasteiger partial charge in [-0.2, -0.15) is 0 Å². The Bertz CT molecular complexity index is 1000. The zero-order valence-corrected chi connectivity index (χ0v) is 18.2. The lowest BCUT2D eigenvalue weighted by Gasteiger charge is -2.19. The van der Waals surface area contributed by atoms with Crippen molar-refractivity contribution < 1.29 is 24.2 Å². The van der Waals surface area contributed by atoms with Gasteiger partial charge >= 0.3 is 0 Å². The van der Waals surface area contributed by atoms with Crippen LogP contribution in [0.2, 0.25) is 0 Å². The monoisotopic (exact) mass is 428 g/mol. The van der Waals surface area contributed by atoms with Gasteiger partial charge in [0, 0.05) is 25.5 Å². The first-order valence-corrected chi connectivity index (χ1v) is 10.3. The molecule has 0 radical (unpaired) electrons. The molecular weight excluding hydrogens is 404 g/mol. The van der Waals surface area contributed by atoms with Crippen molar-refractivity contribution in [2.75, 3.05) is 50.5 Å². The van der Waals surface area contributed by atoms with Crippen molar-refractivity contribution in [3.8, 4) is 11.5 Å². The standard InChI is InChI=1S/C22H24N2O5S/c1-23(2)15-6-5-7-16(13-15)24-21(26)19(20(22(24)27)30-11-10-25)14-8-9-17(28-3)18(12-14)29-4/h5-9,12-13,25H,10-11H2,1-4H3. The summed E-state index contributed by atoms with van der Waals surface area (Å²) in [5.74, 6) is 0.472. The van der Waals surface area contributed by atoms with Gasteiger partial charge in [-0.1, -0.05) is 12.1 Å². The van der Waals surface area contributed by atoms with Gasteiger partial charge in [-0.25, -0.2) is 4.90 Å². The van der Waals surface area contributed by atoms with Crippen LogP contribution in [0.3, 0.4) is 0 Å².